The van der Waals surface area contributed by atoms with E-state index in [2.05, 4.69) is 95.6 Å². The quantitative estimate of drug-likeness (QED) is 0.195. The Morgan fingerprint density at radius 3 is 1.57 bits per heavy atom. The van der Waals surface area contributed by atoms with Crippen LogP contribution < -0.4 is 0 Å². The number of benzene rings is 6. The normalized spacial score (nSPS) is 11.5. The molecular formula is C40H25N5S. The number of aromatic nitrogens is 5. The average molecular weight is 608 g/mol. The van der Waals surface area contributed by atoms with Crippen molar-refractivity contribution in [1.82, 2.24) is 24.5 Å². The van der Waals surface area contributed by atoms with Gasteiger partial charge in [-0.15, -0.1) is 11.3 Å². The summed E-state index contributed by atoms with van der Waals surface area (Å²) < 4.78 is 3.50. The maximum absolute atomic E-state index is 5.10. The number of hydrogen-bond donors (Lipinski definition) is 0. The van der Waals surface area contributed by atoms with Crippen LogP contribution in [-0.4, -0.2) is 24.5 Å². The van der Waals surface area contributed by atoms with Crippen LogP contribution in [0.4, 0.5) is 0 Å². The number of hydrogen-bond acceptors (Lipinski definition) is 5. The number of para-hydroxylation sites is 2. The lowest BCUT2D eigenvalue weighted by atomic mass is 10.1. The lowest BCUT2D eigenvalue weighted by Gasteiger charge is -2.08. The monoisotopic (exact) mass is 607 g/mol. The summed E-state index contributed by atoms with van der Waals surface area (Å²) in [6.45, 7) is 0. The van der Waals surface area contributed by atoms with Crippen LogP contribution in [0.15, 0.2) is 152 Å². The molecule has 0 amide bonds. The van der Waals surface area contributed by atoms with Crippen molar-refractivity contribution in [3.63, 3.8) is 0 Å². The van der Waals surface area contributed by atoms with E-state index >= 15 is 0 Å². The van der Waals surface area contributed by atoms with Crippen LogP contribution in [0.2, 0.25) is 0 Å². The van der Waals surface area contributed by atoms with Crippen molar-refractivity contribution in [2.24, 2.45) is 0 Å². The van der Waals surface area contributed by atoms with E-state index in [1.54, 1.807) is 11.3 Å². The second-order valence-electron chi connectivity index (χ2n) is 11.2. The Morgan fingerprint density at radius 1 is 0.413 bits per heavy atom. The van der Waals surface area contributed by atoms with E-state index in [0.717, 1.165) is 43.2 Å². The van der Waals surface area contributed by atoms with Gasteiger partial charge in [0, 0.05) is 38.7 Å². The summed E-state index contributed by atoms with van der Waals surface area (Å²) >= 11 is 1.71. The molecule has 9 aromatic rings. The van der Waals surface area contributed by atoms with Gasteiger partial charge in [-0.1, -0.05) is 121 Å². The molecule has 5 nitrogen and oxygen atoms in total. The van der Waals surface area contributed by atoms with Crippen LogP contribution in [0.5, 0.6) is 0 Å². The molecule has 216 valence electrons. The van der Waals surface area contributed by atoms with Gasteiger partial charge in [0.15, 0.2) is 17.5 Å². The van der Waals surface area contributed by atoms with Crippen molar-refractivity contribution in [1.29, 1.82) is 0 Å². The molecule has 0 atom stereocenters. The van der Waals surface area contributed by atoms with Gasteiger partial charge in [0.25, 0.3) is 0 Å². The summed E-state index contributed by atoms with van der Waals surface area (Å²) in [5.74, 6) is 1.94. The van der Waals surface area contributed by atoms with Crippen LogP contribution in [0.1, 0.15) is 0 Å². The zero-order chi connectivity index (χ0) is 30.5. The van der Waals surface area contributed by atoms with Gasteiger partial charge >= 0.3 is 0 Å². The highest BCUT2D eigenvalue weighted by Crippen LogP contribution is 2.38. The molecule has 0 aliphatic rings. The maximum Gasteiger partial charge on any atom is 0.164 e. The number of rotatable bonds is 5. The zero-order valence-electron chi connectivity index (χ0n) is 24.6. The summed E-state index contributed by atoms with van der Waals surface area (Å²) in [7, 11) is 0. The molecular weight excluding hydrogens is 583 g/mol. The number of nitrogens with zero attached hydrogens (tertiary/aromatic N) is 5. The molecule has 46 heavy (non-hydrogen) atoms. The molecule has 3 heterocycles. The summed E-state index contributed by atoms with van der Waals surface area (Å²) in [5, 5.41) is 3.41. The van der Waals surface area contributed by atoms with Crippen molar-refractivity contribution < 1.29 is 0 Å². The fraction of sp³-hybridized carbons (Fsp3) is 0. The Bertz CT molecular complexity index is 2440. The Labute approximate surface area is 269 Å². The van der Waals surface area contributed by atoms with Gasteiger partial charge in [0.1, 0.15) is 5.01 Å². The van der Waals surface area contributed by atoms with Gasteiger partial charge in [0.05, 0.1) is 21.3 Å². The number of fused-ring (bicyclic) bond motifs is 4. The summed E-state index contributed by atoms with van der Waals surface area (Å²) in [4.78, 5) is 19.7. The van der Waals surface area contributed by atoms with E-state index < -0.39 is 0 Å². The van der Waals surface area contributed by atoms with Crippen LogP contribution in [0, 0.1) is 0 Å². The lowest BCUT2D eigenvalue weighted by Crippen LogP contribution is -2.00. The molecule has 3 aromatic heterocycles. The standard InChI is InChI=1S/C40H25N5S/c1-4-12-26(13-5-1)37-42-38(27-14-6-2-7-15-27)44-39(43-37)28-20-22-29(23-21-28)40-41-33-24-32-31-18-10-11-19-34(31)45(30-16-8-3-9-17-30)35(32)25-36(33)46-40/h1-25H. The molecule has 0 saturated carbocycles. The molecule has 0 spiro atoms. The third-order valence-electron chi connectivity index (χ3n) is 8.29. The smallest absolute Gasteiger partial charge is 0.164 e. The molecule has 0 aliphatic carbocycles. The highest BCUT2D eigenvalue weighted by Gasteiger charge is 2.16. The summed E-state index contributed by atoms with van der Waals surface area (Å²) in [5.41, 5.74) is 8.43. The van der Waals surface area contributed by atoms with Crippen LogP contribution in [-0.2, 0) is 0 Å². The van der Waals surface area contributed by atoms with Gasteiger partial charge in [-0.05, 0) is 30.3 Å². The van der Waals surface area contributed by atoms with Gasteiger partial charge in [0.2, 0.25) is 0 Å². The predicted molar refractivity (Wildman–Crippen MR) is 189 cm³/mol. The molecule has 0 radical (unpaired) electrons. The fourth-order valence-electron chi connectivity index (χ4n) is 6.07. The van der Waals surface area contributed by atoms with Crippen molar-refractivity contribution in [2.45, 2.75) is 0 Å². The zero-order valence-corrected chi connectivity index (χ0v) is 25.4. The largest absolute Gasteiger partial charge is 0.309 e. The molecule has 9 rings (SSSR count). The van der Waals surface area contributed by atoms with E-state index in [1.165, 1.54) is 21.8 Å². The average Bonchev–Trinajstić information content (AvgIpc) is 3.70. The van der Waals surface area contributed by atoms with E-state index in [0.29, 0.717) is 17.5 Å². The summed E-state index contributed by atoms with van der Waals surface area (Å²) in [6.07, 6.45) is 0. The second-order valence-corrected chi connectivity index (χ2v) is 12.2. The molecule has 0 bridgehead atoms. The maximum atomic E-state index is 5.10. The topological polar surface area (TPSA) is 56.5 Å². The van der Waals surface area contributed by atoms with Gasteiger partial charge in [-0.25, -0.2) is 19.9 Å². The lowest BCUT2D eigenvalue weighted by molar-refractivity contribution is 1.07. The van der Waals surface area contributed by atoms with E-state index in [4.69, 9.17) is 19.9 Å². The minimum atomic E-state index is 0.639. The van der Waals surface area contributed by atoms with E-state index in [9.17, 15) is 0 Å². The first-order chi connectivity index (χ1) is 22.8. The Balaban J connectivity index is 1.12. The molecule has 0 aliphatic heterocycles. The van der Waals surface area contributed by atoms with Gasteiger partial charge < -0.3 is 4.57 Å². The van der Waals surface area contributed by atoms with Gasteiger partial charge in [-0.3, -0.25) is 0 Å². The van der Waals surface area contributed by atoms with Crippen molar-refractivity contribution in [2.75, 3.05) is 0 Å². The first-order valence-corrected chi connectivity index (χ1v) is 16.0. The number of thiazole rings is 1. The minimum Gasteiger partial charge on any atom is -0.309 e. The van der Waals surface area contributed by atoms with Crippen molar-refractivity contribution >= 4 is 43.4 Å². The van der Waals surface area contributed by atoms with Gasteiger partial charge in [-0.2, -0.15) is 0 Å². The Kier molecular flexibility index (Phi) is 6.25. The molecule has 0 N–H and O–H groups in total. The van der Waals surface area contributed by atoms with Crippen LogP contribution >= 0.6 is 11.3 Å². The molecule has 0 fully saturated rings. The molecule has 0 saturated heterocycles. The molecule has 6 heteroatoms. The first kappa shape index (κ1) is 26.4. The SMILES string of the molecule is c1ccc(-c2nc(-c3ccccc3)nc(-c3ccc(-c4nc5cc6c7ccccc7n(-c7ccccc7)c6cc5s4)cc3)n2)cc1. The van der Waals surface area contributed by atoms with Crippen molar-refractivity contribution in [3.05, 3.63) is 152 Å². The Hall–Kier alpha value is -5.98. The highest BCUT2D eigenvalue weighted by molar-refractivity contribution is 7.21. The third-order valence-corrected chi connectivity index (χ3v) is 9.35. The van der Waals surface area contributed by atoms with Crippen LogP contribution in [0.3, 0.4) is 0 Å². The first-order valence-electron chi connectivity index (χ1n) is 15.2. The third kappa shape index (κ3) is 4.55. The van der Waals surface area contributed by atoms with Crippen LogP contribution in [0.25, 0.3) is 82.4 Å². The predicted octanol–water partition coefficient (Wildman–Crippen LogP) is 10.2. The minimum absolute atomic E-state index is 0.639. The highest BCUT2D eigenvalue weighted by atomic mass is 32.1. The molecule has 0 unspecified atom stereocenters. The summed E-state index contributed by atoms with van der Waals surface area (Å²) in [6, 6.07) is 52.1. The van der Waals surface area contributed by atoms with E-state index in [1.807, 2.05) is 60.7 Å². The molecule has 6 aromatic carbocycles. The fourth-order valence-corrected chi connectivity index (χ4v) is 7.05. The van der Waals surface area contributed by atoms with E-state index in [-0.39, 0.29) is 0 Å². The Morgan fingerprint density at radius 2 is 0.935 bits per heavy atom. The van der Waals surface area contributed by atoms with Crippen molar-refractivity contribution in [3.8, 4) is 50.4 Å². The second kappa shape index (κ2) is 10.9.